The molecule has 0 amide bonds. The third-order valence-corrected chi connectivity index (χ3v) is 8.39. The van der Waals surface area contributed by atoms with Crippen LogP contribution in [0.5, 0.6) is 0 Å². The minimum Gasteiger partial charge on any atom is -0.492 e. The highest BCUT2D eigenvalue weighted by molar-refractivity contribution is 6.26. The van der Waals surface area contributed by atoms with Crippen molar-refractivity contribution in [3.8, 4) is 6.07 Å². The first kappa shape index (κ1) is 24.3. The molecule has 0 aromatic rings. The van der Waals surface area contributed by atoms with E-state index >= 15 is 0 Å². The second-order valence-corrected chi connectivity index (χ2v) is 9.79. The van der Waals surface area contributed by atoms with Crippen molar-refractivity contribution in [1.82, 2.24) is 9.80 Å². The van der Waals surface area contributed by atoms with Crippen molar-refractivity contribution >= 4 is 23.1 Å². The molecule has 5 aliphatic rings. The second kappa shape index (κ2) is 8.34. The molecule has 0 aromatic carbocycles. The molecule has 2 bridgehead atoms. The maximum absolute atomic E-state index is 13.6. The minimum atomic E-state index is -0.937. The number of fused-ring (bicyclic) bond motifs is 5. The molecular formula is C26H27N3O7. The first-order chi connectivity index (χ1) is 17.1. The van der Waals surface area contributed by atoms with Gasteiger partial charge in [-0.3, -0.25) is 29.0 Å². The quantitative estimate of drug-likeness (QED) is 0.540. The summed E-state index contributed by atoms with van der Waals surface area (Å²) >= 11 is 0. The smallest absolute Gasteiger partial charge is 0.226 e. The van der Waals surface area contributed by atoms with Crippen LogP contribution in [-0.2, 0) is 28.7 Å². The number of likely N-dealkylation sites (N-methyl/N-ethyl adjacent to an activating group) is 1. The Morgan fingerprint density at radius 3 is 1.89 bits per heavy atom. The number of rotatable bonds is 3. The number of carbonyl (C=O) groups excluding carboxylic acids is 4. The number of piperazine rings is 1. The zero-order valence-corrected chi connectivity index (χ0v) is 20.7. The number of nitriles is 1. The van der Waals surface area contributed by atoms with Crippen LogP contribution in [-0.4, -0.2) is 96.1 Å². The van der Waals surface area contributed by atoms with Crippen LogP contribution >= 0.6 is 0 Å². The summed E-state index contributed by atoms with van der Waals surface area (Å²) in [5.74, 6) is -1.59. The summed E-state index contributed by atoms with van der Waals surface area (Å²) in [5, 5.41) is 20.8. The molecule has 0 radical (unpaired) electrons. The van der Waals surface area contributed by atoms with Crippen molar-refractivity contribution in [3.63, 3.8) is 0 Å². The Labute approximate surface area is 208 Å². The highest BCUT2D eigenvalue weighted by Crippen LogP contribution is 2.48. The number of carbonyl (C=O) groups is 4. The molecule has 1 fully saturated rings. The van der Waals surface area contributed by atoms with Crippen LogP contribution in [0.4, 0.5) is 0 Å². The fourth-order valence-electron chi connectivity index (χ4n) is 6.79. The monoisotopic (exact) mass is 493 g/mol. The van der Waals surface area contributed by atoms with Crippen molar-refractivity contribution in [1.29, 1.82) is 5.26 Å². The Hall–Kier alpha value is -3.39. The molecule has 0 saturated carbocycles. The first-order valence-corrected chi connectivity index (χ1v) is 11.8. The van der Waals surface area contributed by atoms with Crippen molar-refractivity contribution in [2.24, 2.45) is 0 Å². The molecule has 1 saturated heterocycles. The average Bonchev–Trinajstić information content (AvgIpc) is 2.86. The lowest BCUT2D eigenvalue weighted by molar-refractivity contribution is -0.126. The maximum Gasteiger partial charge on any atom is 0.226 e. The number of aliphatic hydroxyl groups is 1. The van der Waals surface area contributed by atoms with E-state index in [9.17, 15) is 29.5 Å². The van der Waals surface area contributed by atoms with Gasteiger partial charge in [-0.15, -0.1) is 0 Å². The third kappa shape index (κ3) is 2.88. The number of hydrogen-bond acceptors (Lipinski definition) is 10. The van der Waals surface area contributed by atoms with Gasteiger partial charge in [0.25, 0.3) is 0 Å². The molecule has 5 rings (SSSR count). The number of ketones is 4. The lowest BCUT2D eigenvalue weighted by atomic mass is 9.67. The van der Waals surface area contributed by atoms with E-state index in [4.69, 9.17) is 9.47 Å². The van der Waals surface area contributed by atoms with E-state index in [-0.39, 0.29) is 64.0 Å². The predicted molar refractivity (Wildman–Crippen MR) is 124 cm³/mol. The fourth-order valence-corrected chi connectivity index (χ4v) is 6.79. The number of hydrogen-bond donors (Lipinski definition) is 1. The fraction of sp³-hybridized carbons (Fsp3) is 0.500. The summed E-state index contributed by atoms with van der Waals surface area (Å²) in [5.41, 5.74) is 1.47. The van der Waals surface area contributed by atoms with Crippen LogP contribution < -0.4 is 0 Å². The van der Waals surface area contributed by atoms with Gasteiger partial charge in [-0.1, -0.05) is 0 Å². The van der Waals surface area contributed by atoms with E-state index in [2.05, 4.69) is 6.07 Å². The summed E-state index contributed by atoms with van der Waals surface area (Å²) < 4.78 is 10.5. The van der Waals surface area contributed by atoms with Gasteiger partial charge >= 0.3 is 0 Å². The molecule has 3 aliphatic heterocycles. The van der Waals surface area contributed by atoms with Crippen LogP contribution in [0.2, 0.25) is 0 Å². The van der Waals surface area contributed by atoms with Crippen LogP contribution in [0.15, 0.2) is 45.0 Å². The second-order valence-electron chi connectivity index (χ2n) is 9.79. The summed E-state index contributed by atoms with van der Waals surface area (Å²) in [6, 6.07) is -1.14. The van der Waals surface area contributed by atoms with E-state index in [1.54, 1.807) is 18.9 Å². The number of nitrogens with zero attached hydrogens (tertiary/aromatic N) is 3. The van der Waals surface area contributed by atoms with Crippen LogP contribution in [0, 0.1) is 11.3 Å². The van der Waals surface area contributed by atoms with Gasteiger partial charge in [0.2, 0.25) is 11.6 Å². The lowest BCUT2D eigenvalue weighted by Crippen LogP contribution is -2.74. The number of methoxy groups -OCH3 is 2. The highest BCUT2D eigenvalue weighted by Gasteiger charge is 2.59. The summed E-state index contributed by atoms with van der Waals surface area (Å²) in [6.07, 6.45) is 0.246. The largest absolute Gasteiger partial charge is 0.492 e. The van der Waals surface area contributed by atoms with E-state index < -0.39 is 42.6 Å². The molecule has 10 nitrogen and oxygen atoms in total. The standard InChI is InChI=1S/C26H27N3O7/c1-10-21(31)12-7-15-20-19-13(22(32)11(2)26(36-5)24(19)34)6-14(28(20)3)16(8-27)29(15)17(9-30)18(12)23(33)25(10)35-4/h14-17,20,30H,6-7,9H2,1-5H3/t14-,15-,16-,17-,20-/m0/s1. The van der Waals surface area contributed by atoms with Gasteiger partial charge in [0.1, 0.15) is 6.04 Å². The number of aliphatic hydroxyl groups excluding tert-OH is 1. The van der Waals surface area contributed by atoms with Crippen molar-refractivity contribution in [3.05, 3.63) is 45.0 Å². The molecule has 1 N–H and O–H groups in total. The number of Topliss-reactive ketones (excluding diaryl/α,β-unsaturated/α-hetero) is 4. The van der Waals surface area contributed by atoms with Gasteiger partial charge in [0.05, 0.1) is 39.0 Å². The molecule has 188 valence electrons. The van der Waals surface area contributed by atoms with Crippen LogP contribution in [0.1, 0.15) is 26.7 Å². The highest BCUT2D eigenvalue weighted by atomic mass is 16.5. The van der Waals surface area contributed by atoms with E-state index in [0.717, 1.165) is 0 Å². The first-order valence-electron chi connectivity index (χ1n) is 11.8. The molecule has 0 unspecified atom stereocenters. The zero-order chi connectivity index (χ0) is 26.2. The molecule has 36 heavy (non-hydrogen) atoms. The topological polar surface area (TPSA) is 137 Å². The van der Waals surface area contributed by atoms with Crippen LogP contribution in [0.25, 0.3) is 0 Å². The van der Waals surface area contributed by atoms with Gasteiger partial charge in [-0.05, 0) is 33.7 Å². The third-order valence-electron chi connectivity index (χ3n) is 8.39. The Bertz CT molecular complexity index is 1310. The molecule has 3 heterocycles. The maximum atomic E-state index is 13.6. The normalized spacial score (nSPS) is 33.0. The number of allylic oxidation sites excluding steroid dienone is 4. The zero-order valence-electron chi connectivity index (χ0n) is 20.7. The molecule has 0 spiro atoms. The van der Waals surface area contributed by atoms with Gasteiger partial charge in [-0.2, -0.15) is 5.26 Å². The molecule has 0 aromatic heterocycles. The molecule has 10 heteroatoms. The SMILES string of the molecule is COC1=C(C)C(=O)C2=C(C1=O)[C@@H]1[C@@H]3CC4=C(C(=O)C(OC)=C(C)C4=O)[C@H](CO)N3[C@@H](C#N)[C@H](C2)N1C. The Morgan fingerprint density at radius 1 is 0.889 bits per heavy atom. The van der Waals surface area contributed by atoms with Gasteiger partial charge < -0.3 is 14.6 Å². The van der Waals surface area contributed by atoms with Crippen molar-refractivity contribution in [2.45, 2.75) is 56.9 Å². The summed E-state index contributed by atoms with van der Waals surface area (Å²) in [7, 11) is 4.46. The van der Waals surface area contributed by atoms with Crippen molar-refractivity contribution < 1.29 is 33.8 Å². The van der Waals surface area contributed by atoms with Gasteiger partial charge in [0.15, 0.2) is 23.1 Å². The summed E-state index contributed by atoms with van der Waals surface area (Å²) in [6.45, 7) is 2.57. The molecular weight excluding hydrogens is 466 g/mol. The Balaban J connectivity index is 1.72. The van der Waals surface area contributed by atoms with Crippen molar-refractivity contribution in [2.75, 3.05) is 27.9 Å². The minimum absolute atomic E-state index is 0.0126. The van der Waals surface area contributed by atoms with Gasteiger partial charge in [-0.25, -0.2) is 0 Å². The molecule has 5 atom stereocenters. The van der Waals surface area contributed by atoms with E-state index in [1.165, 1.54) is 21.1 Å². The Morgan fingerprint density at radius 2 is 1.39 bits per heavy atom. The molecule has 2 aliphatic carbocycles. The van der Waals surface area contributed by atoms with Gasteiger partial charge in [0, 0.05) is 45.5 Å². The number of ether oxygens (including phenoxy) is 2. The lowest BCUT2D eigenvalue weighted by Gasteiger charge is -2.60. The van der Waals surface area contributed by atoms with Crippen LogP contribution in [0.3, 0.4) is 0 Å². The average molecular weight is 494 g/mol. The Kier molecular flexibility index (Phi) is 5.63. The summed E-state index contributed by atoms with van der Waals surface area (Å²) in [4.78, 5) is 57.3. The van der Waals surface area contributed by atoms with E-state index in [1.807, 2.05) is 4.90 Å². The van der Waals surface area contributed by atoms with E-state index in [0.29, 0.717) is 11.1 Å². The predicted octanol–water partition coefficient (Wildman–Crippen LogP) is 0.138.